The lowest BCUT2D eigenvalue weighted by molar-refractivity contribution is 0.792. The van der Waals surface area contributed by atoms with E-state index >= 15 is 0 Å². The Labute approximate surface area is 124 Å². The van der Waals surface area contributed by atoms with Crippen molar-refractivity contribution in [2.75, 3.05) is 5.73 Å². The van der Waals surface area contributed by atoms with E-state index in [0.717, 1.165) is 33.7 Å². The molecule has 3 rings (SSSR count). The van der Waals surface area contributed by atoms with Crippen LogP contribution in [0.25, 0.3) is 22.2 Å². The Kier molecular flexibility index (Phi) is 3.22. The van der Waals surface area contributed by atoms with Gasteiger partial charge in [0.25, 0.3) is 0 Å². The molecule has 0 bridgehead atoms. The SMILES string of the molecule is C=CCn1c(C)nc(-c2ccc3nc(C)ccc3c2)c1N. The van der Waals surface area contributed by atoms with Crippen LogP contribution < -0.4 is 5.73 Å². The maximum absolute atomic E-state index is 6.23. The third kappa shape index (κ3) is 2.29. The molecule has 0 spiro atoms. The number of fused-ring (bicyclic) bond motifs is 1. The highest BCUT2D eigenvalue weighted by Crippen LogP contribution is 2.28. The van der Waals surface area contributed by atoms with Crippen molar-refractivity contribution < 1.29 is 0 Å². The van der Waals surface area contributed by atoms with E-state index in [1.54, 1.807) is 0 Å². The van der Waals surface area contributed by atoms with E-state index in [9.17, 15) is 0 Å². The van der Waals surface area contributed by atoms with Crippen molar-refractivity contribution in [3.8, 4) is 11.3 Å². The van der Waals surface area contributed by atoms with Crippen molar-refractivity contribution in [3.05, 3.63) is 54.5 Å². The number of aryl methyl sites for hydroxylation is 2. The smallest absolute Gasteiger partial charge is 0.132 e. The summed E-state index contributed by atoms with van der Waals surface area (Å²) in [5, 5.41) is 1.09. The summed E-state index contributed by atoms with van der Waals surface area (Å²) < 4.78 is 1.96. The third-order valence-corrected chi connectivity index (χ3v) is 3.61. The molecule has 1 aromatic carbocycles. The van der Waals surface area contributed by atoms with Gasteiger partial charge in [-0.2, -0.15) is 0 Å². The number of allylic oxidation sites excluding steroid dienone is 1. The fourth-order valence-corrected chi connectivity index (χ4v) is 2.53. The molecule has 0 atom stereocenters. The molecule has 0 radical (unpaired) electrons. The van der Waals surface area contributed by atoms with Crippen molar-refractivity contribution in [2.24, 2.45) is 0 Å². The molecule has 0 saturated carbocycles. The predicted molar refractivity (Wildman–Crippen MR) is 87.0 cm³/mol. The lowest BCUT2D eigenvalue weighted by Crippen LogP contribution is -2.03. The first-order chi connectivity index (χ1) is 10.1. The summed E-state index contributed by atoms with van der Waals surface area (Å²) >= 11 is 0. The third-order valence-electron chi connectivity index (χ3n) is 3.61. The van der Waals surface area contributed by atoms with Crippen molar-refractivity contribution in [1.82, 2.24) is 14.5 Å². The molecule has 0 amide bonds. The first-order valence-corrected chi connectivity index (χ1v) is 6.91. The van der Waals surface area contributed by atoms with Crippen LogP contribution in [0.5, 0.6) is 0 Å². The first-order valence-electron chi connectivity index (χ1n) is 6.91. The van der Waals surface area contributed by atoms with Crippen LogP contribution in [0.15, 0.2) is 43.0 Å². The highest BCUT2D eigenvalue weighted by Gasteiger charge is 2.13. The van der Waals surface area contributed by atoms with Gasteiger partial charge in [0.05, 0.1) is 5.52 Å². The van der Waals surface area contributed by atoms with Crippen LogP contribution in [0.4, 0.5) is 5.82 Å². The molecule has 0 fully saturated rings. The number of nitrogens with zero attached hydrogens (tertiary/aromatic N) is 3. The number of nitrogen functional groups attached to an aromatic ring is 1. The highest BCUT2D eigenvalue weighted by atomic mass is 15.1. The van der Waals surface area contributed by atoms with Crippen LogP contribution in [-0.4, -0.2) is 14.5 Å². The standard InChI is InChI=1S/C17H18N4/c1-4-9-21-12(3)20-16(17(21)18)14-7-8-15-13(10-14)6-5-11(2)19-15/h4-8,10H,1,9,18H2,2-3H3. The number of pyridine rings is 1. The summed E-state index contributed by atoms with van der Waals surface area (Å²) in [4.78, 5) is 9.11. The van der Waals surface area contributed by atoms with E-state index in [0.29, 0.717) is 12.4 Å². The van der Waals surface area contributed by atoms with Gasteiger partial charge in [-0.25, -0.2) is 4.98 Å². The molecule has 0 saturated heterocycles. The van der Waals surface area contributed by atoms with E-state index < -0.39 is 0 Å². The maximum Gasteiger partial charge on any atom is 0.132 e. The van der Waals surface area contributed by atoms with Crippen molar-refractivity contribution in [3.63, 3.8) is 0 Å². The van der Waals surface area contributed by atoms with Crippen LogP contribution in [0.2, 0.25) is 0 Å². The molecule has 0 aliphatic carbocycles. The zero-order chi connectivity index (χ0) is 15.0. The second kappa shape index (κ2) is 5.05. The normalized spacial score (nSPS) is 11.0. The molecule has 2 aromatic heterocycles. The predicted octanol–water partition coefficient (Wildman–Crippen LogP) is 3.48. The summed E-state index contributed by atoms with van der Waals surface area (Å²) in [5.41, 5.74) is 10.1. The van der Waals surface area contributed by atoms with E-state index in [4.69, 9.17) is 5.73 Å². The Morgan fingerprint density at radius 1 is 1.19 bits per heavy atom. The Balaban J connectivity index is 2.14. The molecule has 106 valence electrons. The van der Waals surface area contributed by atoms with E-state index in [1.807, 2.05) is 42.7 Å². The number of hydrogen-bond acceptors (Lipinski definition) is 3. The van der Waals surface area contributed by atoms with Gasteiger partial charge in [0.1, 0.15) is 17.3 Å². The molecular formula is C17H18N4. The molecule has 4 nitrogen and oxygen atoms in total. The fourth-order valence-electron chi connectivity index (χ4n) is 2.53. The highest BCUT2D eigenvalue weighted by molar-refractivity contribution is 5.85. The molecule has 2 N–H and O–H groups in total. The quantitative estimate of drug-likeness (QED) is 0.746. The molecule has 2 heterocycles. The largest absolute Gasteiger partial charge is 0.383 e. The second-order valence-electron chi connectivity index (χ2n) is 5.15. The summed E-state index contributed by atoms with van der Waals surface area (Å²) in [6, 6.07) is 10.2. The fraction of sp³-hybridized carbons (Fsp3) is 0.176. The topological polar surface area (TPSA) is 56.7 Å². The van der Waals surface area contributed by atoms with E-state index in [-0.39, 0.29) is 0 Å². The van der Waals surface area contributed by atoms with Crippen molar-refractivity contribution in [1.29, 1.82) is 0 Å². The van der Waals surface area contributed by atoms with Crippen LogP contribution in [0.1, 0.15) is 11.5 Å². The molecule has 4 heteroatoms. The molecule has 0 unspecified atom stereocenters. The molecular weight excluding hydrogens is 260 g/mol. The number of nitrogens with two attached hydrogens (primary N) is 1. The van der Waals surface area contributed by atoms with E-state index in [2.05, 4.69) is 28.7 Å². The lowest BCUT2D eigenvalue weighted by Gasteiger charge is -2.05. The molecule has 21 heavy (non-hydrogen) atoms. The first kappa shape index (κ1) is 13.4. The van der Waals surface area contributed by atoms with Crippen LogP contribution >= 0.6 is 0 Å². The van der Waals surface area contributed by atoms with Gasteiger partial charge in [-0.3, -0.25) is 4.98 Å². The van der Waals surface area contributed by atoms with Crippen LogP contribution in [0, 0.1) is 13.8 Å². The van der Waals surface area contributed by atoms with Gasteiger partial charge in [0.15, 0.2) is 0 Å². The molecule has 3 aromatic rings. The Morgan fingerprint density at radius 2 is 2.00 bits per heavy atom. The maximum atomic E-state index is 6.23. The Hall–Kier alpha value is -2.62. The summed E-state index contributed by atoms with van der Waals surface area (Å²) in [6.45, 7) is 8.37. The zero-order valence-electron chi connectivity index (χ0n) is 12.3. The van der Waals surface area contributed by atoms with Gasteiger partial charge in [0, 0.05) is 23.2 Å². The van der Waals surface area contributed by atoms with Gasteiger partial charge in [-0.05, 0) is 32.0 Å². The minimum atomic E-state index is 0.666. The lowest BCUT2D eigenvalue weighted by atomic mass is 10.1. The van der Waals surface area contributed by atoms with Crippen molar-refractivity contribution >= 4 is 16.7 Å². The van der Waals surface area contributed by atoms with Gasteiger partial charge >= 0.3 is 0 Å². The van der Waals surface area contributed by atoms with Gasteiger partial charge < -0.3 is 10.3 Å². The number of benzene rings is 1. The number of aromatic nitrogens is 3. The minimum Gasteiger partial charge on any atom is -0.383 e. The molecule has 0 aliphatic rings. The number of rotatable bonds is 3. The van der Waals surface area contributed by atoms with Crippen molar-refractivity contribution in [2.45, 2.75) is 20.4 Å². The monoisotopic (exact) mass is 278 g/mol. The summed E-state index contributed by atoms with van der Waals surface area (Å²) in [6.07, 6.45) is 1.82. The van der Waals surface area contributed by atoms with Crippen LogP contribution in [0.3, 0.4) is 0 Å². The summed E-state index contributed by atoms with van der Waals surface area (Å²) in [7, 11) is 0. The van der Waals surface area contributed by atoms with Gasteiger partial charge in [-0.15, -0.1) is 6.58 Å². The number of imidazole rings is 1. The second-order valence-corrected chi connectivity index (χ2v) is 5.15. The number of anilines is 1. The summed E-state index contributed by atoms with van der Waals surface area (Å²) in [5.74, 6) is 1.57. The van der Waals surface area contributed by atoms with Gasteiger partial charge in [0.2, 0.25) is 0 Å². The Bertz CT molecular complexity index is 830. The number of hydrogen-bond donors (Lipinski definition) is 1. The zero-order valence-corrected chi connectivity index (χ0v) is 12.3. The average Bonchev–Trinajstić information content (AvgIpc) is 2.75. The van der Waals surface area contributed by atoms with Crippen LogP contribution in [-0.2, 0) is 6.54 Å². The van der Waals surface area contributed by atoms with E-state index in [1.165, 1.54) is 0 Å². The minimum absolute atomic E-state index is 0.666. The van der Waals surface area contributed by atoms with Gasteiger partial charge in [-0.1, -0.05) is 18.2 Å². The molecule has 0 aliphatic heterocycles. The average molecular weight is 278 g/mol. The Morgan fingerprint density at radius 3 is 2.76 bits per heavy atom.